The summed E-state index contributed by atoms with van der Waals surface area (Å²) < 4.78 is 14.5. The zero-order valence-electron chi connectivity index (χ0n) is 13.3. The second kappa shape index (κ2) is 7.25. The molecule has 0 saturated carbocycles. The largest absolute Gasteiger partial charge is 0.354 e. The molecule has 1 aromatic carbocycles. The van der Waals surface area contributed by atoms with Crippen LogP contribution in [0, 0.1) is 18.7 Å². The van der Waals surface area contributed by atoms with Gasteiger partial charge in [0, 0.05) is 17.6 Å². The molecule has 1 amide bonds. The zero-order chi connectivity index (χ0) is 17.1. The number of hydrogen-bond donors (Lipinski definition) is 1. The van der Waals surface area contributed by atoms with Gasteiger partial charge < -0.3 is 10.2 Å². The number of piperidine rings is 1. The molecule has 0 radical (unpaired) electrons. The van der Waals surface area contributed by atoms with Gasteiger partial charge in [-0.1, -0.05) is 15.9 Å². The smallest absolute Gasteiger partial charge is 0.229 e. The van der Waals surface area contributed by atoms with Crippen LogP contribution >= 0.6 is 15.9 Å². The third kappa shape index (κ3) is 3.90. The van der Waals surface area contributed by atoms with Crippen molar-refractivity contribution in [2.24, 2.45) is 5.92 Å². The molecular weight excluding hydrogens is 375 g/mol. The first kappa shape index (κ1) is 16.8. The lowest BCUT2D eigenvalue weighted by Gasteiger charge is -2.32. The number of nitrogens with zero attached hydrogens (tertiary/aromatic N) is 3. The topological polar surface area (TPSA) is 58.1 Å². The highest BCUT2D eigenvalue weighted by atomic mass is 79.9. The van der Waals surface area contributed by atoms with Gasteiger partial charge in [-0.2, -0.15) is 5.10 Å². The summed E-state index contributed by atoms with van der Waals surface area (Å²) in [5.41, 5.74) is 1.06. The number of carbonyl (C=O) groups is 1. The van der Waals surface area contributed by atoms with E-state index in [1.807, 2.05) is 19.1 Å². The predicted molar refractivity (Wildman–Crippen MR) is 94.4 cm³/mol. The lowest BCUT2D eigenvalue weighted by molar-refractivity contribution is -0.120. The summed E-state index contributed by atoms with van der Waals surface area (Å²) >= 11 is 3.21. The van der Waals surface area contributed by atoms with Crippen LogP contribution in [0.1, 0.15) is 18.5 Å². The number of aromatic nitrogens is 2. The van der Waals surface area contributed by atoms with Crippen LogP contribution in [0.5, 0.6) is 0 Å². The van der Waals surface area contributed by atoms with Gasteiger partial charge in [-0.25, -0.2) is 4.39 Å². The predicted octanol–water partition coefficient (Wildman–Crippen LogP) is 3.54. The highest BCUT2D eigenvalue weighted by Gasteiger charge is 2.27. The van der Waals surface area contributed by atoms with Crippen molar-refractivity contribution < 1.29 is 9.18 Å². The van der Waals surface area contributed by atoms with E-state index in [0.717, 1.165) is 30.9 Å². The molecule has 1 saturated heterocycles. The van der Waals surface area contributed by atoms with Crippen molar-refractivity contribution in [3.8, 4) is 0 Å². The molecule has 7 heteroatoms. The molecule has 3 rings (SSSR count). The number of carbonyl (C=O) groups excluding carboxylic acids is 1. The molecule has 0 bridgehead atoms. The van der Waals surface area contributed by atoms with Gasteiger partial charge in [0.25, 0.3) is 0 Å². The van der Waals surface area contributed by atoms with Crippen molar-refractivity contribution in [2.45, 2.75) is 19.8 Å². The van der Waals surface area contributed by atoms with Crippen molar-refractivity contribution in [1.29, 1.82) is 0 Å². The van der Waals surface area contributed by atoms with Gasteiger partial charge in [0.1, 0.15) is 5.82 Å². The number of rotatable bonds is 3. The van der Waals surface area contributed by atoms with Gasteiger partial charge in [-0.05, 0) is 50.1 Å². The third-order valence-electron chi connectivity index (χ3n) is 4.09. The van der Waals surface area contributed by atoms with Gasteiger partial charge in [0.15, 0.2) is 5.82 Å². The fraction of sp³-hybridized carbons (Fsp3) is 0.353. The fourth-order valence-electron chi connectivity index (χ4n) is 2.79. The summed E-state index contributed by atoms with van der Waals surface area (Å²) in [5, 5.41) is 10.9. The molecule has 126 valence electrons. The number of hydrogen-bond acceptors (Lipinski definition) is 4. The fourth-order valence-corrected chi connectivity index (χ4v) is 3.12. The van der Waals surface area contributed by atoms with E-state index in [2.05, 4.69) is 36.3 Å². The van der Waals surface area contributed by atoms with Crippen molar-refractivity contribution in [2.75, 3.05) is 23.3 Å². The average molecular weight is 393 g/mol. The minimum absolute atomic E-state index is 0.166. The van der Waals surface area contributed by atoms with Crippen LogP contribution in [0.2, 0.25) is 0 Å². The van der Waals surface area contributed by atoms with E-state index in [1.54, 1.807) is 12.1 Å². The zero-order valence-corrected chi connectivity index (χ0v) is 14.9. The van der Waals surface area contributed by atoms with E-state index in [-0.39, 0.29) is 17.5 Å². The van der Waals surface area contributed by atoms with E-state index in [0.29, 0.717) is 11.0 Å². The van der Waals surface area contributed by atoms with Gasteiger partial charge >= 0.3 is 0 Å². The first-order chi connectivity index (χ1) is 11.5. The Labute approximate surface area is 148 Å². The molecule has 5 nitrogen and oxygen atoms in total. The Bertz CT molecular complexity index is 738. The number of benzene rings is 1. The lowest BCUT2D eigenvalue weighted by Crippen LogP contribution is -2.41. The first-order valence-electron chi connectivity index (χ1n) is 7.84. The first-order valence-corrected chi connectivity index (χ1v) is 8.63. The highest BCUT2D eigenvalue weighted by molar-refractivity contribution is 9.10. The molecule has 1 aliphatic heterocycles. The Hall–Kier alpha value is -2.02. The van der Waals surface area contributed by atoms with Gasteiger partial charge in [0.2, 0.25) is 5.91 Å². The summed E-state index contributed by atoms with van der Waals surface area (Å²) in [6.45, 7) is 3.28. The van der Waals surface area contributed by atoms with Crippen LogP contribution in [0.3, 0.4) is 0 Å². The van der Waals surface area contributed by atoms with E-state index >= 15 is 0 Å². The van der Waals surface area contributed by atoms with Crippen LogP contribution < -0.4 is 10.2 Å². The normalized spacial score (nSPS) is 17.6. The molecule has 0 unspecified atom stereocenters. The second-order valence-corrected chi connectivity index (χ2v) is 6.85. The molecule has 0 aliphatic carbocycles. The van der Waals surface area contributed by atoms with Crippen molar-refractivity contribution in [3.05, 3.63) is 46.3 Å². The standard InChI is InChI=1S/C17H18BrFN4O/c1-11-4-7-16(22-21-11)23-8-2-3-12(10-23)17(24)20-15-6-5-13(18)9-14(15)19/h4-7,9,12H,2-3,8,10H2,1H3,(H,20,24)/t12-/m0/s1. The number of aryl methyl sites for hydroxylation is 1. The van der Waals surface area contributed by atoms with Gasteiger partial charge in [-0.3, -0.25) is 4.79 Å². The van der Waals surface area contributed by atoms with E-state index < -0.39 is 5.82 Å². The lowest BCUT2D eigenvalue weighted by atomic mass is 9.97. The molecule has 1 fully saturated rings. The van der Waals surface area contributed by atoms with Crippen LogP contribution in [0.15, 0.2) is 34.8 Å². The summed E-state index contributed by atoms with van der Waals surface area (Å²) in [6.07, 6.45) is 1.66. The molecule has 2 heterocycles. The Morgan fingerprint density at radius 1 is 1.33 bits per heavy atom. The number of amides is 1. The number of anilines is 2. The van der Waals surface area contributed by atoms with Gasteiger partial charge in [0.05, 0.1) is 17.3 Å². The van der Waals surface area contributed by atoms with Crippen LogP contribution in [0.25, 0.3) is 0 Å². The Morgan fingerprint density at radius 2 is 2.17 bits per heavy atom. The number of nitrogens with one attached hydrogen (secondary N) is 1. The molecule has 24 heavy (non-hydrogen) atoms. The third-order valence-corrected chi connectivity index (χ3v) is 4.58. The minimum Gasteiger partial charge on any atom is -0.354 e. The molecule has 2 aromatic rings. The summed E-state index contributed by atoms with van der Waals surface area (Å²) in [6, 6.07) is 8.42. The molecular formula is C17H18BrFN4O. The van der Waals surface area contributed by atoms with Crippen LogP contribution in [-0.4, -0.2) is 29.2 Å². The van der Waals surface area contributed by atoms with E-state index in [4.69, 9.17) is 0 Å². The molecule has 1 N–H and O–H groups in total. The van der Waals surface area contributed by atoms with E-state index in [9.17, 15) is 9.18 Å². The maximum atomic E-state index is 13.9. The summed E-state index contributed by atoms with van der Waals surface area (Å²) in [5.74, 6) is -0.0476. The maximum Gasteiger partial charge on any atom is 0.229 e. The molecule has 1 aliphatic rings. The SMILES string of the molecule is Cc1ccc(N2CCC[C@H](C(=O)Nc3ccc(Br)cc3F)C2)nn1. The van der Waals surface area contributed by atoms with E-state index in [1.165, 1.54) is 6.07 Å². The van der Waals surface area contributed by atoms with Crippen molar-refractivity contribution in [1.82, 2.24) is 10.2 Å². The monoisotopic (exact) mass is 392 g/mol. The Kier molecular flexibility index (Phi) is 5.08. The average Bonchev–Trinajstić information content (AvgIpc) is 2.58. The number of halogens is 2. The minimum atomic E-state index is -0.449. The highest BCUT2D eigenvalue weighted by Crippen LogP contribution is 2.24. The molecule has 0 spiro atoms. The maximum absolute atomic E-state index is 13.9. The van der Waals surface area contributed by atoms with Crippen molar-refractivity contribution >= 4 is 33.3 Å². The molecule has 1 aromatic heterocycles. The van der Waals surface area contributed by atoms with Gasteiger partial charge in [-0.15, -0.1) is 5.10 Å². The van der Waals surface area contributed by atoms with Crippen LogP contribution in [0.4, 0.5) is 15.9 Å². The Morgan fingerprint density at radius 3 is 2.88 bits per heavy atom. The van der Waals surface area contributed by atoms with Crippen molar-refractivity contribution in [3.63, 3.8) is 0 Å². The molecule has 1 atom stereocenters. The van der Waals surface area contributed by atoms with Crippen LogP contribution in [-0.2, 0) is 4.79 Å². The summed E-state index contributed by atoms with van der Waals surface area (Å²) in [4.78, 5) is 14.5. The summed E-state index contributed by atoms with van der Waals surface area (Å²) in [7, 11) is 0. The second-order valence-electron chi connectivity index (χ2n) is 5.93. The Balaban J connectivity index is 1.67. The quantitative estimate of drug-likeness (QED) is 0.867.